The molecule has 14 heavy (non-hydrogen) atoms. The molecule has 0 bridgehead atoms. The Bertz CT molecular complexity index is 516. The van der Waals surface area contributed by atoms with Gasteiger partial charge in [0.2, 0.25) is 10.7 Å². The molecule has 2 aromatic rings. The zero-order chi connectivity index (χ0) is 10.1. The van der Waals surface area contributed by atoms with E-state index in [9.17, 15) is 0 Å². The number of H-pyrrole nitrogens is 1. The van der Waals surface area contributed by atoms with Gasteiger partial charge in [0.25, 0.3) is 0 Å². The van der Waals surface area contributed by atoms with Crippen LogP contribution in [0.3, 0.4) is 0 Å². The van der Waals surface area contributed by atoms with Crippen LogP contribution in [0.1, 0.15) is 5.76 Å². The molecule has 2 aromatic heterocycles. The Hall–Kier alpha value is -1.69. The SMILES string of the molecule is Cc1cc(-c2nc(=S)nc(N)[nH]2)co1. The molecule has 2 rings (SSSR count). The first-order chi connectivity index (χ1) is 6.65. The van der Waals surface area contributed by atoms with Gasteiger partial charge in [-0.3, -0.25) is 0 Å². The van der Waals surface area contributed by atoms with Gasteiger partial charge in [-0.1, -0.05) is 0 Å². The summed E-state index contributed by atoms with van der Waals surface area (Å²) in [6, 6.07) is 1.84. The van der Waals surface area contributed by atoms with Crippen LogP contribution >= 0.6 is 12.2 Å². The minimum atomic E-state index is 0.218. The Morgan fingerprint density at radius 3 is 2.86 bits per heavy atom. The minimum Gasteiger partial charge on any atom is -0.469 e. The van der Waals surface area contributed by atoms with Crippen molar-refractivity contribution in [2.24, 2.45) is 0 Å². The third-order valence-electron chi connectivity index (χ3n) is 1.67. The molecule has 0 radical (unpaired) electrons. The van der Waals surface area contributed by atoms with E-state index in [1.807, 2.05) is 13.0 Å². The first-order valence-electron chi connectivity index (χ1n) is 3.94. The van der Waals surface area contributed by atoms with Crippen molar-refractivity contribution in [1.29, 1.82) is 0 Å². The Labute approximate surface area is 85.0 Å². The number of aromatic nitrogens is 3. The van der Waals surface area contributed by atoms with Gasteiger partial charge in [0.1, 0.15) is 17.8 Å². The fourth-order valence-electron chi connectivity index (χ4n) is 1.11. The molecule has 0 saturated heterocycles. The fraction of sp³-hybridized carbons (Fsp3) is 0.125. The second kappa shape index (κ2) is 3.22. The lowest BCUT2D eigenvalue weighted by atomic mass is 10.3. The number of anilines is 1. The van der Waals surface area contributed by atoms with E-state index in [4.69, 9.17) is 22.4 Å². The molecule has 0 atom stereocenters. The van der Waals surface area contributed by atoms with Crippen LogP contribution in [-0.2, 0) is 0 Å². The van der Waals surface area contributed by atoms with Gasteiger partial charge in [-0.2, -0.15) is 4.98 Å². The lowest BCUT2D eigenvalue weighted by Crippen LogP contribution is -1.99. The van der Waals surface area contributed by atoms with Crippen molar-refractivity contribution in [2.75, 3.05) is 5.73 Å². The average molecular weight is 208 g/mol. The van der Waals surface area contributed by atoms with Gasteiger partial charge in [-0.05, 0) is 25.2 Å². The van der Waals surface area contributed by atoms with E-state index in [1.54, 1.807) is 6.26 Å². The second-order valence-electron chi connectivity index (χ2n) is 2.81. The van der Waals surface area contributed by atoms with Crippen molar-refractivity contribution in [2.45, 2.75) is 6.92 Å². The molecule has 0 aromatic carbocycles. The van der Waals surface area contributed by atoms with Crippen LogP contribution in [0.15, 0.2) is 16.7 Å². The first-order valence-corrected chi connectivity index (χ1v) is 4.35. The molecular weight excluding hydrogens is 200 g/mol. The van der Waals surface area contributed by atoms with Gasteiger partial charge < -0.3 is 15.1 Å². The summed E-state index contributed by atoms with van der Waals surface area (Å²) in [5.74, 6) is 1.62. The number of aryl methyl sites for hydroxylation is 1. The minimum absolute atomic E-state index is 0.218. The van der Waals surface area contributed by atoms with E-state index in [2.05, 4.69) is 15.0 Å². The van der Waals surface area contributed by atoms with Crippen molar-refractivity contribution in [3.05, 3.63) is 22.9 Å². The summed E-state index contributed by atoms with van der Waals surface area (Å²) >= 11 is 4.84. The zero-order valence-electron chi connectivity index (χ0n) is 7.44. The Morgan fingerprint density at radius 1 is 1.50 bits per heavy atom. The van der Waals surface area contributed by atoms with E-state index in [0.29, 0.717) is 5.82 Å². The molecule has 0 aliphatic rings. The Balaban J connectivity index is 2.56. The van der Waals surface area contributed by atoms with Crippen molar-refractivity contribution in [1.82, 2.24) is 15.0 Å². The van der Waals surface area contributed by atoms with Crippen LogP contribution in [0.5, 0.6) is 0 Å². The summed E-state index contributed by atoms with van der Waals surface area (Å²) in [6.45, 7) is 1.85. The fourth-order valence-corrected chi connectivity index (χ4v) is 1.29. The van der Waals surface area contributed by atoms with Gasteiger partial charge in [0.15, 0.2) is 0 Å². The molecule has 6 heteroatoms. The molecule has 0 saturated carbocycles. The van der Waals surface area contributed by atoms with Crippen molar-refractivity contribution in [3.8, 4) is 11.4 Å². The van der Waals surface area contributed by atoms with Gasteiger partial charge in [-0.15, -0.1) is 0 Å². The summed E-state index contributed by atoms with van der Waals surface area (Å²) in [6.07, 6.45) is 1.59. The summed E-state index contributed by atoms with van der Waals surface area (Å²) < 4.78 is 5.36. The number of nitrogens with zero attached hydrogens (tertiary/aromatic N) is 2. The number of rotatable bonds is 1. The van der Waals surface area contributed by atoms with Crippen LogP contribution in [0.25, 0.3) is 11.4 Å². The molecule has 2 heterocycles. The highest BCUT2D eigenvalue weighted by Crippen LogP contribution is 2.17. The monoisotopic (exact) mass is 208 g/mol. The number of furan rings is 1. The van der Waals surface area contributed by atoms with Crippen molar-refractivity contribution in [3.63, 3.8) is 0 Å². The zero-order valence-corrected chi connectivity index (χ0v) is 8.26. The number of hydrogen-bond donors (Lipinski definition) is 2. The number of nitrogens with one attached hydrogen (secondary N) is 1. The second-order valence-corrected chi connectivity index (χ2v) is 3.18. The molecule has 5 nitrogen and oxygen atoms in total. The number of nitrogen functional groups attached to an aromatic ring is 1. The summed E-state index contributed by atoms with van der Waals surface area (Å²) in [5, 5.41) is 0. The largest absolute Gasteiger partial charge is 0.469 e. The summed E-state index contributed by atoms with van der Waals surface area (Å²) in [7, 11) is 0. The normalized spacial score (nSPS) is 10.4. The lowest BCUT2D eigenvalue weighted by molar-refractivity contribution is 0.534. The maximum atomic E-state index is 5.50. The molecule has 0 spiro atoms. The molecule has 0 aliphatic heterocycles. The number of hydrogen-bond acceptors (Lipinski definition) is 5. The van der Waals surface area contributed by atoms with E-state index >= 15 is 0 Å². The first kappa shape index (κ1) is 8.89. The maximum Gasteiger partial charge on any atom is 0.224 e. The standard InChI is InChI=1S/C8H8N4OS/c1-4-2-5(3-13-4)6-10-7(9)12-8(14)11-6/h2-3H,1H3,(H3,9,10,11,12,14). The molecule has 72 valence electrons. The average Bonchev–Trinajstić information content (AvgIpc) is 2.50. The molecule has 0 unspecified atom stereocenters. The number of nitrogens with two attached hydrogens (primary N) is 1. The highest BCUT2D eigenvalue weighted by molar-refractivity contribution is 7.71. The van der Waals surface area contributed by atoms with E-state index < -0.39 is 0 Å². The molecular formula is C8H8N4OS. The topological polar surface area (TPSA) is 80.7 Å². The molecule has 3 N–H and O–H groups in total. The van der Waals surface area contributed by atoms with Gasteiger partial charge in [0.05, 0.1) is 5.56 Å². The molecule has 0 aliphatic carbocycles. The molecule has 0 fully saturated rings. The van der Waals surface area contributed by atoms with E-state index in [1.165, 1.54) is 0 Å². The Morgan fingerprint density at radius 2 is 2.29 bits per heavy atom. The third-order valence-corrected chi connectivity index (χ3v) is 1.86. The lowest BCUT2D eigenvalue weighted by Gasteiger charge is -1.97. The van der Waals surface area contributed by atoms with E-state index in [-0.39, 0.29) is 10.7 Å². The van der Waals surface area contributed by atoms with Crippen molar-refractivity contribution >= 4 is 18.2 Å². The van der Waals surface area contributed by atoms with Gasteiger partial charge in [0, 0.05) is 0 Å². The van der Waals surface area contributed by atoms with E-state index in [0.717, 1.165) is 11.3 Å². The summed E-state index contributed by atoms with van der Waals surface area (Å²) in [5.41, 5.74) is 6.31. The summed E-state index contributed by atoms with van der Waals surface area (Å²) in [4.78, 5) is 10.6. The quantitative estimate of drug-likeness (QED) is 0.697. The highest BCUT2D eigenvalue weighted by Gasteiger charge is 2.04. The predicted octanol–water partition coefficient (Wildman–Crippen LogP) is 1.68. The van der Waals surface area contributed by atoms with Crippen LogP contribution in [0, 0.1) is 11.7 Å². The van der Waals surface area contributed by atoms with Gasteiger partial charge >= 0.3 is 0 Å². The third kappa shape index (κ3) is 1.64. The smallest absolute Gasteiger partial charge is 0.224 e. The van der Waals surface area contributed by atoms with Crippen LogP contribution in [0.4, 0.5) is 5.95 Å². The van der Waals surface area contributed by atoms with Gasteiger partial charge in [-0.25, -0.2) is 4.98 Å². The predicted molar refractivity (Wildman–Crippen MR) is 54.1 cm³/mol. The van der Waals surface area contributed by atoms with Crippen molar-refractivity contribution < 1.29 is 4.42 Å². The van der Waals surface area contributed by atoms with Crippen LogP contribution in [0.2, 0.25) is 0 Å². The Kier molecular flexibility index (Phi) is 2.05. The maximum absolute atomic E-state index is 5.50. The van der Waals surface area contributed by atoms with Crippen LogP contribution < -0.4 is 5.73 Å². The van der Waals surface area contributed by atoms with Crippen LogP contribution in [-0.4, -0.2) is 15.0 Å². The highest BCUT2D eigenvalue weighted by atomic mass is 32.1. The number of aromatic amines is 1. The molecule has 0 amide bonds.